The molecular weight excluding hydrogens is 442 g/mol. The Hall–Kier alpha value is -3.31. The summed E-state index contributed by atoms with van der Waals surface area (Å²) in [7, 11) is 1.62. The summed E-state index contributed by atoms with van der Waals surface area (Å²) >= 11 is 0. The molecule has 0 atom stereocenters. The van der Waals surface area contributed by atoms with Crippen molar-refractivity contribution in [3.05, 3.63) is 41.9 Å². The number of rotatable bonds is 8. The van der Waals surface area contributed by atoms with Gasteiger partial charge in [-0.2, -0.15) is 5.10 Å². The molecule has 0 spiro atoms. The van der Waals surface area contributed by atoms with Crippen LogP contribution in [0.5, 0.6) is 0 Å². The summed E-state index contributed by atoms with van der Waals surface area (Å²) in [5.41, 5.74) is 0.400. The molecule has 0 unspecified atom stereocenters. The van der Waals surface area contributed by atoms with Crippen LogP contribution < -0.4 is 16.0 Å². The molecule has 0 radical (unpaired) electrons. The number of fused-ring (bicyclic) bond motifs is 1. The van der Waals surface area contributed by atoms with Crippen LogP contribution in [-0.2, 0) is 7.05 Å². The van der Waals surface area contributed by atoms with E-state index in [0.29, 0.717) is 24.3 Å². The van der Waals surface area contributed by atoms with Crippen LogP contribution in [0.2, 0.25) is 0 Å². The van der Waals surface area contributed by atoms with Gasteiger partial charge < -0.3 is 16.0 Å². The summed E-state index contributed by atoms with van der Waals surface area (Å²) in [4.78, 5) is 16.6. The smallest absolute Gasteiger partial charge is 0.281 e. The fourth-order valence-corrected chi connectivity index (χ4v) is 4.07. The topological polar surface area (TPSA) is 88.3 Å². The summed E-state index contributed by atoms with van der Waals surface area (Å²) in [5, 5.41) is 12.9. The van der Waals surface area contributed by atoms with Gasteiger partial charge in [0.2, 0.25) is 0 Å². The second-order valence-corrected chi connectivity index (χ2v) is 8.11. The normalized spacial score (nSPS) is 18.8. The fraction of sp³-hybridized carbons (Fsp3) is 0.476. The number of carbonyl (C=O) groups is 1. The molecule has 1 amide bonds. The number of aryl methyl sites for hydroxylation is 1. The van der Waals surface area contributed by atoms with Crippen LogP contribution >= 0.6 is 0 Å². The van der Waals surface area contributed by atoms with Gasteiger partial charge in [0.1, 0.15) is 22.7 Å². The standard InChI is InChI=1S/C21H25F4N7O/c1-31-10-14(20(30-31)26-9-16(22)23)21(33)28-13-7-5-12(6-8-13)27-17-3-2-4-18-29-15(19(24)25)11-32(17)18/h2-4,10-13,16,19,27H,5-9H2,1H3,(H,26,30)(H,28,33). The SMILES string of the molecule is Cn1cc(C(=O)NC2CCC(Nc3cccc4nc(C(F)F)cn34)CC2)c(NCC(F)F)n1. The first-order chi connectivity index (χ1) is 15.8. The van der Waals surface area contributed by atoms with E-state index in [1.165, 1.54) is 17.1 Å². The van der Waals surface area contributed by atoms with E-state index in [1.54, 1.807) is 23.6 Å². The zero-order valence-corrected chi connectivity index (χ0v) is 17.9. The third kappa shape index (κ3) is 5.37. The molecule has 0 saturated heterocycles. The number of hydrogen-bond donors (Lipinski definition) is 3. The van der Waals surface area contributed by atoms with Crippen molar-refractivity contribution in [1.29, 1.82) is 0 Å². The molecule has 0 aliphatic heterocycles. The number of pyridine rings is 1. The molecule has 1 fully saturated rings. The van der Waals surface area contributed by atoms with Crippen molar-refractivity contribution in [2.45, 2.75) is 50.6 Å². The Kier molecular flexibility index (Phi) is 6.70. The van der Waals surface area contributed by atoms with Gasteiger partial charge in [-0.3, -0.25) is 13.9 Å². The van der Waals surface area contributed by atoms with Gasteiger partial charge in [0.25, 0.3) is 18.8 Å². The molecule has 178 valence electrons. The number of amides is 1. The Bertz CT molecular complexity index is 1110. The minimum absolute atomic E-state index is 0.0619. The van der Waals surface area contributed by atoms with Gasteiger partial charge in [0.15, 0.2) is 5.82 Å². The van der Waals surface area contributed by atoms with Crippen molar-refractivity contribution >= 4 is 23.2 Å². The van der Waals surface area contributed by atoms with Gasteiger partial charge in [-0.15, -0.1) is 0 Å². The van der Waals surface area contributed by atoms with Gasteiger partial charge in [-0.1, -0.05) is 6.07 Å². The minimum atomic E-state index is -2.64. The molecule has 3 aromatic rings. The van der Waals surface area contributed by atoms with Crippen molar-refractivity contribution in [2.24, 2.45) is 7.05 Å². The molecule has 12 heteroatoms. The van der Waals surface area contributed by atoms with Crippen molar-refractivity contribution in [1.82, 2.24) is 24.5 Å². The lowest BCUT2D eigenvalue weighted by molar-refractivity contribution is 0.0926. The highest BCUT2D eigenvalue weighted by Gasteiger charge is 2.25. The monoisotopic (exact) mass is 467 g/mol. The zero-order valence-electron chi connectivity index (χ0n) is 17.9. The van der Waals surface area contributed by atoms with E-state index in [1.807, 2.05) is 6.07 Å². The maximum atomic E-state index is 13.0. The Morgan fingerprint density at radius 1 is 1.12 bits per heavy atom. The molecule has 8 nitrogen and oxygen atoms in total. The molecule has 1 saturated carbocycles. The van der Waals surface area contributed by atoms with Crippen molar-refractivity contribution < 1.29 is 22.4 Å². The number of halogens is 4. The number of carbonyl (C=O) groups excluding carboxylic acids is 1. The van der Waals surface area contributed by atoms with E-state index in [2.05, 4.69) is 26.0 Å². The predicted molar refractivity (Wildman–Crippen MR) is 115 cm³/mol. The van der Waals surface area contributed by atoms with E-state index >= 15 is 0 Å². The minimum Gasteiger partial charge on any atom is -0.368 e. The second-order valence-electron chi connectivity index (χ2n) is 8.11. The summed E-state index contributed by atoms with van der Waals surface area (Å²) in [5.74, 6) is 0.450. The number of imidazole rings is 1. The Morgan fingerprint density at radius 2 is 1.85 bits per heavy atom. The predicted octanol–water partition coefficient (Wildman–Crippen LogP) is 3.84. The van der Waals surface area contributed by atoms with E-state index in [4.69, 9.17) is 0 Å². The molecule has 0 aromatic carbocycles. The fourth-order valence-electron chi connectivity index (χ4n) is 4.07. The van der Waals surface area contributed by atoms with Gasteiger partial charge in [0, 0.05) is 31.5 Å². The highest BCUT2D eigenvalue weighted by atomic mass is 19.3. The third-order valence-corrected chi connectivity index (χ3v) is 5.65. The second kappa shape index (κ2) is 9.67. The number of aromatic nitrogens is 4. The molecule has 3 N–H and O–H groups in total. The molecule has 3 heterocycles. The van der Waals surface area contributed by atoms with Crippen LogP contribution in [-0.4, -0.2) is 50.1 Å². The Morgan fingerprint density at radius 3 is 2.55 bits per heavy atom. The van der Waals surface area contributed by atoms with Crippen LogP contribution in [0, 0.1) is 0 Å². The lowest BCUT2D eigenvalue weighted by Crippen LogP contribution is -2.40. The van der Waals surface area contributed by atoms with Crippen LogP contribution in [0.25, 0.3) is 5.65 Å². The third-order valence-electron chi connectivity index (χ3n) is 5.65. The number of nitrogens with zero attached hydrogens (tertiary/aromatic N) is 4. The van der Waals surface area contributed by atoms with Gasteiger partial charge >= 0.3 is 0 Å². The number of anilines is 2. The molecule has 1 aliphatic carbocycles. The Labute approximate surface area is 187 Å². The first kappa shape index (κ1) is 22.9. The highest BCUT2D eigenvalue weighted by Crippen LogP contribution is 2.25. The average Bonchev–Trinajstić information content (AvgIpc) is 3.38. The van der Waals surface area contributed by atoms with Crippen LogP contribution in [0.15, 0.2) is 30.6 Å². The van der Waals surface area contributed by atoms with E-state index in [9.17, 15) is 22.4 Å². The summed E-state index contributed by atoms with van der Waals surface area (Å²) in [6.45, 7) is -0.587. The molecule has 0 bridgehead atoms. The van der Waals surface area contributed by atoms with E-state index < -0.39 is 19.4 Å². The summed E-state index contributed by atoms with van der Waals surface area (Å²) < 4.78 is 54.0. The lowest BCUT2D eigenvalue weighted by Gasteiger charge is -2.30. The molecular formula is C21H25F4N7O. The van der Waals surface area contributed by atoms with Gasteiger partial charge in [-0.25, -0.2) is 22.5 Å². The average molecular weight is 467 g/mol. The molecule has 33 heavy (non-hydrogen) atoms. The Balaban J connectivity index is 1.34. The maximum Gasteiger partial charge on any atom is 0.281 e. The van der Waals surface area contributed by atoms with Gasteiger partial charge in [-0.05, 0) is 37.8 Å². The van der Waals surface area contributed by atoms with E-state index in [-0.39, 0.29) is 35.1 Å². The lowest BCUT2D eigenvalue weighted by atomic mass is 9.91. The summed E-state index contributed by atoms with van der Waals surface area (Å²) in [6, 6.07) is 5.30. The summed E-state index contributed by atoms with van der Waals surface area (Å²) in [6.07, 6.45) is 0.598. The molecule has 4 rings (SSSR count). The number of hydrogen-bond acceptors (Lipinski definition) is 5. The van der Waals surface area contributed by atoms with Crippen molar-refractivity contribution in [3.8, 4) is 0 Å². The maximum absolute atomic E-state index is 13.0. The number of nitrogens with one attached hydrogen (secondary N) is 3. The molecule has 1 aliphatic rings. The first-order valence-corrected chi connectivity index (χ1v) is 10.7. The highest BCUT2D eigenvalue weighted by molar-refractivity contribution is 5.98. The van der Waals surface area contributed by atoms with Crippen molar-refractivity contribution in [2.75, 3.05) is 17.2 Å². The van der Waals surface area contributed by atoms with Crippen LogP contribution in [0.3, 0.4) is 0 Å². The quantitative estimate of drug-likeness (QED) is 0.438. The zero-order chi connectivity index (χ0) is 23.5. The van der Waals surface area contributed by atoms with Crippen LogP contribution in [0.1, 0.15) is 48.2 Å². The van der Waals surface area contributed by atoms with Gasteiger partial charge in [0.05, 0.1) is 6.54 Å². The van der Waals surface area contributed by atoms with E-state index in [0.717, 1.165) is 12.8 Å². The largest absolute Gasteiger partial charge is 0.368 e. The molecule has 3 aromatic heterocycles. The van der Waals surface area contributed by atoms with Crippen molar-refractivity contribution in [3.63, 3.8) is 0 Å². The van der Waals surface area contributed by atoms with Crippen LogP contribution in [0.4, 0.5) is 29.2 Å². The first-order valence-electron chi connectivity index (χ1n) is 10.7. The number of alkyl halides is 4.